The molecule has 5 heteroatoms. The highest BCUT2D eigenvalue weighted by molar-refractivity contribution is 5.97. The maximum atomic E-state index is 13.8. The summed E-state index contributed by atoms with van der Waals surface area (Å²) in [4.78, 5) is 11.3. The van der Waals surface area contributed by atoms with E-state index < -0.39 is 11.8 Å². The number of hydrogen-bond acceptors (Lipinski definition) is 3. The molecular formula is C15H13FO4. The third-order valence-corrected chi connectivity index (χ3v) is 2.92. The van der Waals surface area contributed by atoms with E-state index in [0.717, 1.165) is 6.07 Å². The number of halogens is 1. The average Bonchev–Trinajstić information content (AvgIpc) is 2.45. The standard InChI is InChI=1S/C15H13FO4/c1-19-9-6-7-13(20-2)11(8-9)10-4-3-5-12(16)14(10)15(17)18/h3-8H,1-2H3,(H,17,18). The molecule has 0 spiro atoms. The number of aromatic carboxylic acids is 1. The predicted octanol–water partition coefficient (Wildman–Crippen LogP) is 3.21. The Balaban J connectivity index is 2.73. The van der Waals surface area contributed by atoms with Crippen LogP contribution in [0.3, 0.4) is 0 Å². The molecule has 1 N–H and O–H groups in total. The summed E-state index contributed by atoms with van der Waals surface area (Å²) in [6.45, 7) is 0. The van der Waals surface area contributed by atoms with E-state index in [-0.39, 0.29) is 11.1 Å². The summed E-state index contributed by atoms with van der Waals surface area (Å²) in [5.74, 6) is -1.15. The molecule has 2 aromatic carbocycles. The molecule has 0 aromatic heterocycles. The van der Waals surface area contributed by atoms with E-state index in [9.17, 15) is 14.3 Å². The van der Waals surface area contributed by atoms with Gasteiger partial charge in [-0.3, -0.25) is 0 Å². The molecule has 0 saturated carbocycles. The van der Waals surface area contributed by atoms with Crippen molar-refractivity contribution in [3.8, 4) is 22.6 Å². The molecule has 0 heterocycles. The second-order valence-corrected chi connectivity index (χ2v) is 4.03. The SMILES string of the molecule is COc1ccc(OC)c(-c2cccc(F)c2C(=O)O)c1. The molecule has 0 atom stereocenters. The topological polar surface area (TPSA) is 55.8 Å². The number of methoxy groups -OCH3 is 2. The number of benzene rings is 2. The van der Waals surface area contributed by atoms with E-state index in [1.54, 1.807) is 18.2 Å². The van der Waals surface area contributed by atoms with Gasteiger partial charge in [-0.15, -0.1) is 0 Å². The molecule has 20 heavy (non-hydrogen) atoms. The monoisotopic (exact) mass is 276 g/mol. The van der Waals surface area contributed by atoms with Crippen molar-refractivity contribution in [3.05, 3.63) is 47.8 Å². The van der Waals surface area contributed by atoms with Crippen molar-refractivity contribution in [1.82, 2.24) is 0 Å². The van der Waals surface area contributed by atoms with Gasteiger partial charge in [-0.1, -0.05) is 12.1 Å². The zero-order valence-corrected chi connectivity index (χ0v) is 11.0. The third kappa shape index (κ3) is 2.42. The summed E-state index contributed by atoms with van der Waals surface area (Å²) in [5, 5.41) is 9.19. The number of ether oxygens (including phenoxy) is 2. The highest BCUT2D eigenvalue weighted by Gasteiger charge is 2.19. The summed E-state index contributed by atoms with van der Waals surface area (Å²) in [6, 6.07) is 9.03. The van der Waals surface area contributed by atoms with Crippen LogP contribution in [-0.4, -0.2) is 25.3 Å². The lowest BCUT2D eigenvalue weighted by atomic mass is 9.98. The maximum Gasteiger partial charge on any atom is 0.339 e. The fraction of sp³-hybridized carbons (Fsp3) is 0.133. The van der Waals surface area contributed by atoms with Crippen LogP contribution < -0.4 is 9.47 Å². The van der Waals surface area contributed by atoms with Gasteiger partial charge in [-0.25, -0.2) is 9.18 Å². The van der Waals surface area contributed by atoms with Crippen molar-refractivity contribution in [2.24, 2.45) is 0 Å². The average molecular weight is 276 g/mol. The lowest BCUT2D eigenvalue weighted by Gasteiger charge is -2.13. The van der Waals surface area contributed by atoms with Crippen LogP contribution in [0.2, 0.25) is 0 Å². The second kappa shape index (κ2) is 5.61. The van der Waals surface area contributed by atoms with Crippen molar-refractivity contribution in [2.45, 2.75) is 0 Å². The van der Waals surface area contributed by atoms with E-state index in [0.29, 0.717) is 17.1 Å². The minimum absolute atomic E-state index is 0.244. The second-order valence-electron chi connectivity index (χ2n) is 4.03. The van der Waals surface area contributed by atoms with Crippen LogP contribution >= 0.6 is 0 Å². The zero-order valence-electron chi connectivity index (χ0n) is 11.0. The first-order valence-electron chi connectivity index (χ1n) is 5.82. The van der Waals surface area contributed by atoms with Gasteiger partial charge in [0.2, 0.25) is 0 Å². The third-order valence-electron chi connectivity index (χ3n) is 2.92. The van der Waals surface area contributed by atoms with E-state index in [2.05, 4.69) is 0 Å². The van der Waals surface area contributed by atoms with Crippen molar-refractivity contribution >= 4 is 5.97 Å². The molecule has 0 saturated heterocycles. The molecule has 0 aliphatic rings. The summed E-state index contributed by atoms with van der Waals surface area (Å²) < 4.78 is 24.1. The molecule has 0 unspecified atom stereocenters. The van der Waals surface area contributed by atoms with Gasteiger partial charge in [-0.05, 0) is 24.3 Å². The Hall–Kier alpha value is -2.56. The highest BCUT2D eigenvalue weighted by Crippen LogP contribution is 2.36. The molecule has 0 fully saturated rings. The van der Waals surface area contributed by atoms with Crippen LogP contribution in [-0.2, 0) is 0 Å². The molecular weight excluding hydrogens is 263 g/mol. The number of rotatable bonds is 4. The molecule has 2 rings (SSSR count). The molecule has 4 nitrogen and oxygen atoms in total. The molecule has 0 radical (unpaired) electrons. The Morgan fingerprint density at radius 2 is 1.85 bits per heavy atom. The lowest BCUT2D eigenvalue weighted by molar-refractivity contribution is 0.0693. The van der Waals surface area contributed by atoms with Crippen molar-refractivity contribution in [2.75, 3.05) is 14.2 Å². The Labute approximate surface area is 115 Å². The largest absolute Gasteiger partial charge is 0.497 e. The molecule has 0 aliphatic carbocycles. The normalized spacial score (nSPS) is 10.2. The van der Waals surface area contributed by atoms with Crippen molar-refractivity contribution in [3.63, 3.8) is 0 Å². The summed E-state index contributed by atoms with van der Waals surface area (Å²) in [6.07, 6.45) is 0. The van der Waals surface area contributed by atoms with Crippen LogP contribution in [0, 0.1) is 5.82 Å². The van der Waals surface area contributed by atoms with Gasteiger partial charge in [0.05, 0.1) is 14.2 Å². The van der Waals surface area contributed by atoms with E-state index in [1.165, 1.54) is 26.4 Å². The first-order chi connectivity index (χ1) is 9.58. The van der Waals surface area contributed by atoms with Crippen molar-refractivity contribution < 1.29 is 23.8 Å². The van der Waals surface area contributed by atoms with Gasteiger partial charge in [0.1, 0.15) is 22.9 Å². The van der Waals surface area contributed by atoms with Gasteiger partial charge in [-0.2, -0.15) is 0 Å². The summed E-state index contributed by atoms with van der Waals surface area (Å²) >= 11 is 0. The predicted molar refractivity (Wildman–Crippen MR) is 71.9 cm³/mol. The Morgan fingerprint density at radius 1 is 1.10 bits per heavy atom. The lowest BCUT2D eigenvalue weighted by Crippen LogP contribution is -2.04. The van der Waals surface area contributed by atoms with Gasteiger partial charge in [0.15, 0.2) is 0 Å². The van der Waals surface area contributed by atoms with Crippen LogP contribution in [0.25, 0.3) is 11.1 Å². The van der Waals surface area contributed by atoms with E-state index >= 15 is 0 Å². The number of carboxylic acids is 1. The first kappa shape index (κ1) is 13.9. The number of hydrogen-bond donors (Lipinski definition) is 1. The van der Waals surface area contributed by atoms with Gasteiger partial charge in [0.25, 0.3) is 0 Å². The molecule has 0 bridgehead atoms. The van der Waals surface area contributed by atoms with Crippen LogP contribution in [0.4, 0.5) is 4.39 Å². The molecule has 104 valence electrons. The number of carboxylic acid groups (broad SMARTS) is 1. The minimum Gasteiger partial charge on any atom is -0.497 e. The summed E-state index contributed by atoms with van der Waals surface area (Å²) in [5.41, 5.74) is 0.316. The van der Waals surface area contributed by atoms with Crippen LogP contribution in [0.15, 0.2) is 36.4 Å². The Morgan fingerprint density at radius 3 is 2.45 bits per heavy atom. The quantitative estimate of drug-likeness (QED) is 0.931. The molecule has 2 aromatic rings. The first-order valence-corrected chi connectivity index (χ1v) is 5.82. The summed E-state index contributed by atoms with van der Waals surface area (Å²) in [7, 11) is 2.96. The Bertz CT molecular complexity index is 652. The van der Waals surface area contributed by atoms with E-state index in [4.69, 9.17) is 9.47 Å². The molecule has 0 aliphatic heterocycles. The van der Waals surface area contributed by atoms with Gasteiger partial charge < -0.3 is 14.6 Å². The van der Waals surface area contributed by atoms with E-state index in [1.807, 2.05) is 0 Å². The zero-order chi connectivity index (χ0) is 14.7. The Kier molecular flexibility index (Phi) is 3.89. The van der Waals surface area contributed by atoms with Gasteiger partial charge >= 0.3 is 5.97 Å². The highest BCUT2D eigenvalue weighted by atomic mass is 19.1. The molecule has 0 amide bonds. The number of carbonyl (C=O) groups is 1. The smallest absolute Gasteiger partial charge is 0.339 e. The fourth-order valence-corrected chi connectivity index (χ4v) is 1.99. The maximum absolute atomic E-state index is 13.8. The fourth-order valence-electron chi connectivity index (χ4n) is 1.99. The minimum atomic E-state index is -1.33. The van der Waals surface area contributed by atoms with Gasteiger partial charge in [0, 0.05) is 11.1 Å². The van der Waals surface area contributed by atoms with Crippen LogP contribution in [0.5, 0.6) is 11.5 Å². The van der Waals surface area contributed by atoms with Crippen LogP contribution in [0.1, 0.15) is 10.4 Å². The van der Waals surface area contributed by atoms with Crippen molar-refractivity contribution in [1.29, 1.82) is 0 Å².